The van der Waals surface area contributed by atoms with E-state index in [-0.39, 0.29) is 55.6 Å². The number of hydrogen-bond acceptors (Lipinski definition) is 0. The molecule has 95 heavy (non-hydrogen) atoms. The minimum absolute atomic E-state index is 0.0100. The van der Waals surface area contributed by atoms with Crippen molar-refractivity contribution in [3.8, 4) is 89.5 Å². The normalized spacial score (nSPS) is 15.7. The summed E-state index contributed by atoms with van der Waals surface area (Å²) in [5.41, 5.74) is 15.6. The van der Waals surface area contributed by atoms with Gasteiger partial charge in [0.2, 0.25) is 22.8 Å². The van der Waals surface area contributed by atoms with Crippen molar-refractivity contribution in [2.45, 2.75) is 72.0 Å². The van der Waals surface area contributed by atoms with Gasteiger partial charge < -0.3 is 0 Å². The number of fused-ring (bicyclic) bond motifs is 12. The second kappa shape index (κ2) is 23.7. The summed E-state index contributed by atoms with van der Waals surface area (Å²) in [6, 6.07) is 54.6. The number of benzene rings is 8. The highest BCUT2D eigenvalue weighted by molar-refractivity contribution is 5.87. The van der Waals surface area contributed by atoms with Crippen LogP contribution >= 0.6 is 0 Å². The van der Waals surface area contributed by atoms with Gasteiger partial charge >= 0.3 is 0 Å². The summed E-state index contributed by atoms with van der Waals surface area (Å²) in [6.07, 6.45) is 7.01. The van der Waals surface area contributed by atoms with Crippen molar-refractivity contribution in [1.82, 2.24) is 0 Å². The third kappa shape index (κ3) is 10.8. The molecule has 0 radical (unpaired) electrons. The molecule has 0 amide bonds. The molecule has 0 saturated carbocycles. The zero-order chi connectivity index (χ0) is 73.2. The van der Waals surface area contributed by atoms with Crippen molar-refractivity contribution >= 4 is 0 Å². The van der Waals surface area contributed by atoms with Crippen LogP contribution in [-0.2, 0) is 51.9 Å². The summed E-state index contributed by atoms with van der Waals surface area (Å²) in [6.45, 7) is 4.98. The largest absolute Gasteiger partial charge is 0.299 e. The van der Waals surface area contributed by atoms with Crippen molar-refractivity contribution < 1.29 is 63.0 Å². The van der Waals surface area contributed by atoms with Crippen LogP contribution in [0.3, 0.4) is 0 Å². The number of aryl methyl sites for hydroxylation is 11. The Balaban J connectivity index is 0.000000122. The van der Waals surface area contributed by atoms with Crippen molar-refractivity contribution in [2.75, 3.05) is 0 Å². The topological polar surface area (TPSA) is 15.5 Å². The van der Waals surface area contributed by atoms with Crippen LogP contribution in [0.5, 0.6) is 0 Å². The van der Waals surface area contributed by atoms with Crippen molar-refractivity contribution in [3.63, 3.8) is 0 Å². The Morgan fingerprint density at radius 3 is 1.04 bits per heavy atom. The molecule has 8 aromatic carbocycles. The highest BCUT2D eigenvalue weighted by atomic mass is 19.3. The van der Waals surface area contributed by atoms with Gasteiger partial charge in [0.1, 0.15) is 28.2 Å². The summed E-state index contributed by atoms with van der Waals surface area (Å²) >= 11 is 0. The second-order valence-corrected chi connectivity index (χ2v) is 25.0. The molecule has 12 heteroatoms. The Morgan fingerprint density at radius 2 is 0.611 bits per heavy atom. The standard InChI is InChI=1S/3C21H18F2N.C20H16F2N/c1-13-7-8-18-16(10-13)17-11-14(2)15(12-19(17)21(18,22)23)20-6-4-5-9-24(20)3;1-13-7-8-15-17-11-14(2)16(20-6-4-5-9-24(20)3)12-19(17)21(22,23)18(15)10-13;1-13-8-9-20(24(3)12-13)16-11-19-17(10-14(16)2)15-6-4-5-7-18(15)21(19,22)23;1-13-11-16-14-7-3-4-8-17(14)20(21,22)18(16)12-15(13)19-9-5-6-10-23(19)2/h3*4-12H,1-3H3;3-12H,1-2H3/q4*+1/i1D3;;1D3;6D. The smallest absolute Gasteiger partial charge is 0.201 e. The molecule has 4 aliphatic carbocycles. The Bertz CT molecular complexity index is 5430. The summed E-state index contributed by atoms with van der Waals surface area (Å²) in [5, 5.41) is 0. The van der Waals surface area contributed by atoms with E-state index in [4.69, 9.17) is 9.60 Å². The maximum atomic E-state index is 15.1. The maximum Gasteiger partial charge on any atom is 0.299 e. The van der Waals surface area contributed by atoms with Gasteiger partial charge in [0.25, 0.3) is 23.7 Å². The molecule has 16 rings (SSSR count). The number of alkyl halides is 8. The Hall–Kier alpha value is -10.2. The van der Waals surface area contributed by atoms with Crippen LogP contribution in [0.1, 0.15) is 93.0 Å². The SMILES string of the molecule is Cc1ccc2c(c1)C(F)(F)c1cc(-c3cccc[n+]3C)c(C)cc1-2.[2H]C([2H])([2H])c1ccc(-c2cc3c(cc2C)-c2ccccc2C3(F)F)[n+](C)c1.[2H]C([2H])([2H])c1ccc2c(c1)-c1cc(C)c(-c3cccc[n+]3C)cc1C2(F)F.[2H]c1ccc(-c2cc3c(cc2C)-c2ccccc2C3(F)F)[n+](C)c1. The first kappa shape index (κ1) is 55.3. The highest BCUT2D eigenvalue weighted by Gasteiger charge is 2.49. The lowest BCUT2D eigenvalue weighted by Gasteiger charge is -2.14. The number of halogens is 8. The Morgan fingerprint density at radius 1 is 0.274 bits per heavy atom. The summed E-state index contributed by atoms with van der Waals surface area (Å²) in [4.78, 5) is 0. The lowest BCUT2D eigenvalue weighted by molar-refractivity contribution is -0.660. The molecule has 0 aliphatic heterocycles. The molecule has 4 aromatic heterocycles. The van der Waals surface area contributed by atoms with Gasteiger partial charge in [0, 0.05) is 123 Å². The van der Waals surface area contributed by atoms with Crippen LogP contribution in [0.2, 0.25) is 0 Å². The molecule has 0 spiro atoms. The van der Waals surface area contributed by atoms with E-state index in [2.05, 4.69) is 0 Å². The molecule has 0 N–H and O–H groups in total. The van der Waals surface area contributed by atoms with E-state index < -0.39 is 37.4 Å². The Kier molecular flexibility index (Phi) is 13.8. The van der Waals surface area contributed by atoms with Crippen LogP contribution < -0.4 is 18.3 Å². The summed E-state index contributed by atoms with van der Waals surface area (Å²) in [5.74, 6) is -12.1. The van der Waals surface area contributed by atoms with Gasteiger partial charge in [0.15, 0.2) is 24.8 Å². The van der Waals surface area contributed by atoms with Crippen molar-refractivity contribution in [1.29, 1.82) is 0 Å². The van der Waals surface area contributed by atoms with Crippen LogP contribution in [0.25, 0.3) is 89.5 Å². The van der Waals surface area contributed by atoms with Gasteiger partial charge in [-0.05, 0) is 170 Å². The molecule has 0 atom stereocenters. The lowest BCUT2D eigenvalue weighted by atomic mass is 9.96. The number of hydrogen-bond donors (Lipinski definition) is 0. The number of aromatic nitrogens is 4. The molecule has 0 bridgehead atoms. The van der Waals surface area contributed by atoms with Crippen LogP contribution in [0, 0.1) is 48.3 Å². The van der Waals surface area contributed by atoms with E-state index in [1.807, 2.05) is 138 Å². The molecular weight excluding hydrogens is 1200 g/mol. The third-order valence-electron chi connectivity index (χ3n) is 18.7. The fourth-order valence-electron chi connectivity index (χ4n) is 13.9. The van der Waals surface area contributed by atoms with E-state index in [1.165, 1.54) is 54.7 Å². The van der Waals surface area contributed by atoms with E-state index in [0.29, 0.717) is 61.8 Å². The number of nitrogens with zero attached hydrogens (tertiary/aromatic N) is 4. The minimum atomic E-state index is -3.16. The zero-order valence-corrected chi connectivity index (χ0v) is 53.6. The van der Waals surface area contributed by atoms with Crippen LogP contribution in [-0.4, -0.2) is 0 Å². The van der Waals surface area contributed by atoms with Crippen LogP contribution in [0.15, 0.2) is 225 Å². The predicted octanol–water partition coefficient (Wildman–Crippen LogP) is 19.4. The van der Waals surface area contributed by atoms with Gasteiger partial charge in [-0.3, -0.25) is 0 Å². The Labute approximate surface area is 558 Å². The van der Waals surface area contributed by atoms with E-state index >= 15 is 17.6 Å². The third-order valence-corrected chi connectivity index (χ3v) is 18.7. The summed E-state index contributed by atoms with van der Waals surface area (Å²) < 4.78 is 180. The zero-order valence-electron chi connectivity index (χ0n) is 60.6. The van der Waals surface area contributed by atoms with Crippen molar-refractivity contribution in [2.24, 2.45) is 28.2 Å². The average molecular weight is 1280 g/mol. The van der Waals surface area contributed by atoms with Gasteiger partial charge in [-0.1, -0.05) is 114 Å². The molecular formula is C83H70F8N4+4. The number of pyridine rings is 4. The molecule has 0 fully saturated rings. The van der Waals surface area contributed by atoms with Crippen molar-refractivity contribution in [3.05, 3.63) is 308 Å². The van der Waals surface area contributed by atoms with Gasteiger partial charge in [-0.2, -0.15) is 35.1 Å². The van der Waals surface area contributed by atoms with E-state index in [9.17, 15) is 17.6 Å². The lowest BCUT2D eigenvalue weighted by Crippen LogP contribution is -2.31. The first-order valence-corrected chi connectivity index (χ1v) is 31.0. The van der Waals surface area contributed by atoms with Gasteiger partial charge in [-0.15, -0.1) is 0 Å². The quantitative estimate of drug-likeness (QED) is 0.123. The summed E-state index contributed by atoms with van der Waals surface area (Å²) in [7, 11) is 7.35. The average Bonchev–Trinajstić information content (AvgIpc) is 1.59. The minimum Gasteiger partial charge on any atom is -0.201 e. The van der Waals surface area contributed by atoms with Crippen LogP contribution in [0.4, 0.5) is 35.1 Å². The predicted molar refractivity (Wildman–Crippen MR) is 359 cm³/mol. The fourth-order valence-corrected chi connectivity index (χ4v) is 13.9. The molecule has 4 nitrogen and oxygen atoms in total. The second-order valence-electron chi connectivity index (χ2n) is 25.0. The maximum absolute atomic E-state index is 15.1. The molecule has 474 valence electrons. The fraction of sp³-hybridized carbons (Fsp3) is 0.181. The van der Waals surface area contributed by atoms with Gasteiger partial charge in [-0.25, -0.2) is 18.3 Å². The monoisotopic (exact) mass is 1280 g/mol. The first-order valence-electron chi connectivity index (χ1n) is 34.5. The molecule has 12 aromatic rings. The molecule has 4 heterocycles. The van der Waals surface area contributed by atoms with Gasteiger partial charge in [0.05, 0.1) is 1.37 Å². The van der Waals surface area contributed by atoms with E-state index in [1.54, 1.807) is 107 Å². The first-order chi connectivity index (χ1) is 48.0. The highest BCUT2D eigenvalue weighted by Crippen LogP contribution is 2.56. The molecule has 0 unspecified atom stereocenters. The molecule has 0 saturated heterocycles. The van der Waals surface area contributed by atoms with E-state index in [0.717, 1.165) is 61.6 Å². The molecule has 4 aliphatic rings. The number of rotatable bonds is 4.